The van der Waals surface area contributed by atoms with Gasteiger partial charge in [-0.15, -0.1) is 10.2 Å². The zero-order valence-corrected chi connectivity index (χ0v) is 15.8. The second-order valence-corrected chi connectivity index (χ2v) is 7.22. The quantitative estimate of drug-likeness (QED) is 0.862. The molecule has 1 unspecified atom stereocenters. The highest BCUT2D eigenvalue weighted by Crippen LogP contribution is 2.32. The van der Waals surface area contributed by atoms with Crippen LogP contribution in [0.1, 0.15) is 37.5 Å². The molecule has 2 amide bonds. The molecule has 3 heterocycles. The zero-order chi connectivity index (χ0) is 19.7. The summed E-state index contributed by atoms with van der Waals surface area (Å²) in [4.78, 5) is 27.9. The van der Waals surface area contributed by atoms with Crippen LogP contribution in [0, 0.1) is 5.82 Å². The third-order valence-electron chi connectivity index (χ3n) is 5.38. The minimum atomic E-state index is -0.449. The predicted molar refractivity (Wildman–Crippen MR) is 99.7 cm³/mol. The van der Waals surface area contributed by atoms with Gasteiger partial charge >= 0.3 is 0 Å². The number of hydrogen-bond donors (Lipinski definition) is 1. The summed E-state index contributed by atoms with van der Waals surface area (Å²) in [6.45, 7) is 4.25. The highest BCUT2D eigenvalue weighted by molar-refractivity contribution is 5.92. The summed E-state index contributed by atoms with van der Waals surface area (Å²) in [6.07, 6.45) is 1.85. The number of carbonyl (C=O) groups is 2. The van der Waals surface area contributed by atoms with Crippen LogP contribution in [-0.2, 0) is 22.7 Å². The average molecular weight is 386 g/mol. The van der Waals surface area contributed by atoms with E-state index in [1.807, 2.05) is 0 Å². The molecular weight excluding hydrogens is 363 g/mol. The molecule has 148 valence electrons. The van der Waals surface area contributed by atoms with Crippen molar-refractivity contribution in [2.24, 2.45) is 0 Å². The SMILES string of the molecule is CC(=O)N1CCn2c(nnc2C2CCCN2CC(=O)Nc2ccccc2F)C1. The van der Waals surface area contributed by atoms with Gasteiger partial charge in [0.2, 0.25) is 11.8 Å². The maximum absolute atomic E-state index is 13.8. The number of nitrogens with zero attached hydrogens (tertiary/aromatic N) is 5. The van der Waals surface area contributed by atoms with Crippen molar-refractivity contribution in [1.29, 1.82) is 0 Å². The van der Waals surface area contributed by atoms with Gasteiger partial charge in [-0.05, 0) is 31.5 Å². The number of para-hydroxylation sites is 1. The highest BCUT2D eigenvalue weighted by atomic mass is 19.1. The van der Waals surface area contributed by atoms with Crippen molar-refractivity contribution in [1.82, 2.24) is 24.6 Å². The molecule has 0 saturated carbocycles. The summed E-state index contributed by atoms with van der Waals surface area (Å²) >= 11 is 0. The van der Waals surface area contributed by atoms with E-state index in [1.165, 1.54) is 6.07 Å². The molecule has 2 aliphatic heterocycles. The van der Waals surface area contributed by atoms with Crippen molar-refractivity contribution in [2.75, 3.05) is 25.0 Å². The van der Waals surface area contributed by atoms with E-state index in [1.54, 1.807) is 30.0 Å². The summed E-state index contributed by atoms with van der Waals surface area (Å²) in [5, 5.41) is 11.3. The van der Waals surface area contributed by atoms with Crippen molar-refractivity contribution < 1.29 is 14.0 Å². The number of nitrogens with one attached hydrogen (secondary N) is 1. The molecule has 0 bridgehead atoms. The van der Waals surface area contributed by atoms with Crippen LogP contribution in [0.5, 0.6) is 0 Å². The topological polar surface area (TPSA) is 83.4 Å². The molecule has 1 N–H and O–H groups in total. The van der Waals surface area contributed by atoms with E-state index in [0.717, 1.165) is 31.0 Å². The predicted octanol–water partition coefficient (Wildman–Crippen LogP) is 1.55. The Morgan fingerprint density at radius 2 is 2.04 bits per heavy atom. The number of fused-ring (bicyclic) bond motifs is 1. The van der Waals surface area contributed by atoms with E-state index in [-0.39, 0.29) is 30.1 Å². The smallest absolute Gasteiger partial charge is 0.238 e. The number of benzene rings is 1. The first-order valence-corrected chi connectivity index (χ1v) is 9.49. The highest BCUT2D eigenvalue weighted by Gasteiger charge is 2.33. The fourth-order valence-electron chi connectivity index (χ4n) is 3.94. The molecule has 1 saturated heterocycles. The molecule has 1 fully saturated rings. The number of carbonyl (C=O) groups excluding carboxylic acids is 2. The summed E-state index contributed by atoms with van der Waals surface area (Å²) in [7, 11) is 0. The average Bonchev–Trinajstić information content (AvgIpc) is 3.29. The van der Waals surface area contributed by atoms with Gasteiger partial charge in [-0.1, -0.05) is 12.1 Å². The molecule has 4 rings (SSSR count). The Kier molecular flexibility index (Phi) is 5.08. The van der Waals surface area contributed by atoms with Crippen LogP contribution in [0.2, 0.25) is 0 Å². The van der Waals surface area contributed by atoms with Crippen molar-refractivity contribution in [2.45, 2.75) is 38.9 Å². The van der Waals surface area contributed by atoms with Crippen molar-refractivity contribution in [3.63, 3.8) is 0 Å². The first-order valence-electron chi connectivity index (χ1n) is 9.49. The molecule has 9 heteroatoms. The molecule has 0 spiro atoms. The molecule has 2 aliphatic rings. The van der Waals surface area contributed by atoms with Gasteiger partial charge in [0.25, 0.3) is 0 Å². The normalized spacial score (nSPS) is 19.5. The summed E-state index contributed by atoms with van der Waals surface area (Å²) in [5.74, 6) is 0.949. The van der Waals surface area contributed by atoms with Crippen LogP contribution in [0.3, 0.4) is 0 Å². The van der Waals surface area contributed by atoms with Gasteiger partial charge < -0.3 is 14.8 Å². The van der Waals surface area contributed by atoms with E-state index in [0.29, 0.717) is 19.6 Å². The van der Waals surface area contributed by atoms with Crippen LogP contribution < -0.4 is 5.32 Å². The number of anilines is 1. The Hall–Kier alpha value is -2.81. The summed E-state index contributed by atoms with van der Waals surface area (Å²) in [6, 6.07) is 6.13. The Morgan fingerprint density at radius 1 is 1.21 bits per heavy atom. The van der Waals surface area contributed by atoms with Crippen molar-refractivity contribution >= 4 is 17.5 Å². The Balaban J connectivity index is 1.45. The van der Waals surface area contributed by atoms with E-state index in [4.69, 9.17) is 0 Å². The molecule has 0 radical (unpaired) electrons. The van der Waals surface area contributed by atoms with Gasteiger partial charge in [0.05, 0.1) is 24.8 Å². The number of amides is 2. The summed E-state index contributed by atoms with van der Waals surface area (Å²) < 4.78 is 15.8. The number of halogens is 1. The Labute approximate surface area is 162 Å². The van der Waals surface area contributed by atoms with Crippen LogP contribution in [0.15, 0.2) is 24.3 Å². The third-order valence-corrected chi connectivity index (χ3v) is 5.38. The molecule has 2 aromatic rings. The minimum absolute atomic E-state index is 0.00324. The molecule has 8 nitrogen and oxygen atoms in total. The first-order chi connectivity index (χ1) is 13.5. The minimum Gasteiger partial charge on any atom is -0.334 e. The van der Waals surface area contributed by atoms with E-state index >= 15 is 0 Å². The molecular formula is C19H23FN6O2. The molecule has 1 atom stereocenters. The fourth-order valence-corrected chi connectivity index (χ4v) is 3.94. The van der Waals surface area contributed by atoms with Crippen LogP contribution in [0.25, 0.3) is 0 Å². The lowest BCUT2D eigenvalue weighted by Crippen LogP contribution is -2.39. The van der Waals surface area contributed by atoms with Crippen LogP contribution in [-0.4, -0.2) is 56.0 Å². The lowest BCUT2D eigenvalue weighted by Gasteiger charge is -2.29. The second kappa shape index (κ2) is 7.67. The first kappa shape index (κ1) is 18.5. The molecule has 28 heavy (non-hydrogen) atoms. The lowest BCUT2D eigenvalue weighted by molar-refractivity contribution is -0.130. The van der Waals surface area contributed by atoms with Gasteiger partial charge in [0, 0.05) is 20.0 Å². The van der Waals surface area contributed by atoms with E-state index in [9.17, 15) is 14.0 Å². The van der Waals surface area contributed by atoms with E-state index < -0.39 is 5.82 Å². The standard InChI is InChI=1S/C19H23FN6O2/c1-13(27)24-9-10-26-17(11-24)22-23-19(26)16-7-4-8-25(16)12-18(28)21-15-6-3-2-5-14(15)20/h2-3,5-6,16H,4,7-12H2,1H3,(H,21,28). The maximum Gasteiger partial charge on any atom is 0.238 e. The summed E-state index contributed by atoms with van der Waals surface area (Å²) in [5.41, 5.74) is 0.187. The zero-order valence-electron chi connectivity index (χ0n) is 15.8. The van der Waals surface area contributed by atoms with Crippen LogP contribution >= 0.6 is 0 Å². The van der Waals surface area contributed by atoms with Crippen molar-refractivity contribution in [3.05, 3.63) is 41.7 Å². The molecule has 0 aliphatic carbocycles. The fraction of sp³-hybridized carbons (Fsp3) is 0.474. The van der Waals surface area contributed by atoms with Crippen molar-refractivity contribution in [3.8, 4) is 0 Å². The number of rotatable bonds is 4. The van der Waals surface area contributed by atoms with Crippen LogP contribution in [0.4, 0.5) is 10.1 Å². The largest absolute Gasteiger partial charge is 0.334 e. The number of hydrogen-bond acceptors (Lipinski definition) is 5. The number of aromatic nitrogens is 3. The Morgan fingerprint density at radius 3 is 2.82 bits per heavy atom. The second-order valence-electron chi connectivity index (χ2n) is 7.22. The van der Waals surface area contributed by atoms with E-state index in [2.05, 4.69) is 25.0 Å². The van der Waals surface area contributed by atoms with Gasteiger partial charge in [0.15, 0.2) is 11.6 Å². The molecule has 1 aromatic heterocycles. The van der Waals surface area contributed by atoms with Gasteiger partial charge in [-0.25, -0.2) is 4.39 Å². The Bertz CT molecular complexity index is 898. The monoisotopic (exact) mass is 386 g/mol. The number of likely N-dealkylation sites (tertiary alicyclic amines) is 1. The maximum atomic E-state index is 13.8. The van der Waals surface area contributed by atoms with Gasteiger partial charge in [-0.3, -0.25) is 14.5 Å². The third kappa shape index (κ3) is 3.62. The van der Waals surface area contributed by atoms with Gasteiger partial charge in [-0.2, -0.15) is 0 Å². The lowest BCUT2D eigenvalue weighted by atomic mass is 10.2. The van der Waals surface area contributed by atoms with Gasteiger partial charge in [0.1, 0.15) is 5.82 Å². The molecule has 1 aromatic carbocycles.